The molecular weight excluding hydrogens is 368 g/mol. The van der Waals surface area contributed by atoms with Crippen molar-refractivity contribution in [3.8, 4) is 22.6 Å². The zero-order valence-corrected chi connectivity index (χ0v) is 16.6. The van der Waals surface area contributed by atoms with Gasteiger partial charge in [-0.25, -0.2) is 0 Å². The fourth-order valence-corrected chi connectivity index (χ4v) is 3.79. The number of methoxy groups -OCH3 is 1. The maximum Gasteiger partial charge on any atom is 0.261 e. The van der Waals surface area contributed by atoms with E-state index in [2.05, 4.69) is 15.2 Å². The molecule has 1 saturated heterocycles. The number of rotatable bonds is 6. The molecule has 1 aliphatic rings. The molecule has 2 aromatic heterocycles. The fourth-order valence-electron chi connectivity index (χ4n) is 3.79. The number of nitrogens with zero attached hydrogens (tertiary/aromatic N) is 3. The lowest BCUT2D eigenvalue weighted by molar-refractivity contribution is -0.134. The van der Waals surface area contributed by atoms with Crippen molar-refractivity contribution in [1.82, 2.24) is 20.1 Å². The van der Waals surface area contributed by atoms with E-state index in [4.69, 9.17) is 9.47 Å². The number of carbonyl (C=O) groups is 1. The van der Waals surface area contributed by atoms with E-state index in [0.29, 0.717) is 18.0 Å². The highest BCUT2D eigenvalue weighted by Gasteiger charge is 2.33. The average Bonchev–Trinajstić information content (AvgIpc) is 3.42. The SMILES string of the molecule is COc1cc(C)ccc1OCC(=O)N1CCC[C@H]1c1[nH]ncc1-c1ccncc1. The van der Waals surface area contributed by atoms with E-state index < -0.39 is 0 Å². The van der Waals surface area contributed by atoms with Crippen LogP contribution in [0.5, 0.6) is 11.5 Å². The number of hydrogen-bond donors (Lipinski definition) is 1. The molecule has 1 aromatic carbocycles. The molecule has 7 nitrogen and oxygen atoms in total. The number of amides is 1. The van der Waals surface area contributed by atoms with Gasteiger partial charge in [-0.05, 0) is 55.2 Å². The molecule has 0 spiro atoms. The number of H-pyrrole nitrogens is 1. The van der Waals surface area contributed by atoms with Crippen LogP contribution in [-0.4, -0.2) is 46.2 Å². The molecule has 1 amide bonds. The molecular formula is C22H24N4O3. The van der Waals surface area contributed by atoms with Crippen molar-refractivity contribution in [1.29, 1.82) is 0 Å². The molecule has 1 N–H and O–H groups in total. The van der Waals surface area contributed by atoms with E-state index in [-0.39, 0.29) is 18.6 Å². The molecule has 1 aliphatic heterocycles. The molecule has 0 aliphatic carbocycles. The maximum atomic E-state index is 13.0. The number of hydrogen-bond acceptors (Lipinski definition) is 5. The van der Waals surface area contributed by atoms with E-state index in [1.54, 1.807) is 25.7 Å². The van der Waals surface area contributed by atoms with Crippen LogP contribution >= 0.6 is 0 Å². The van der Waals surface area contributed by atoms with Gasteiger partial charge < -0.3 is 14.4 Å². The van der Waals surface area contributed by atoms with Crippen molar-refractivity contribution in [3.05, 3.63) is 60.2 Å². The molecule has 0 saturated carbocycles. The van der Waals surface area contributed by atoms with Crippen molar-refractivity contribution in [2.24, 2.45) is 0 Å². The molecule has 0 unspecified atom stereocenters. The molecule has 7 heteroatoms. The Bertz CT molecular complexity index is 987. The quantitative estimate of drug-likeness (QED) is 0.694. The number of carbonyl (C=O) groups excluding carboxylic acids is 1. The minimum Gasteiger partial charge on any atom is -0.493 e. The lowest BCUT2D eigenvalue weighted by Gasteiger charge is -2.25. The standard InChI is InChI=1S/C22H24N4O3/c1-15-5-6-19(20(12-15)28-2)29-14-21(27)26-11-3-4-18(26)22-17(13-24-25-22)16-7-9-23-10-8-16/h5-10,12-13,18H,3-4,11,14H2,1-2H3,(H,24,25)/t18-/m0/s1. The highest BCUT2D eigenvalue weighted by molar-refractivity contribution is 5.79. The van der Waals surface area contributed by atoms with Gasteiger partial charge in [-0.3, -0.25) is 14.9 Å². The van der Waals surface area contributed by atoms with Gasteiger partial charge in [-0.1, -0.05) is 6.07 Å². The summed E-state index contributed by atoms with van der Waals surface area (Å²) >= 11 is 0. The Morgan fingerprint density at radius 2 is 2.07 bits per heavy atom. The van der Waals surface area contributed by atoms with Crippen LogP contribution in [0.25, 0.3) is 11.1 Å². The molecule has 1 fully saturated rings. The highest BCUT2D eigenvalue weighted by Crippen LogP contribution is 2.36. The fraction of sp³-hybridized carbons (Fsp3) is 0.318. The molecule has 3 heterocycles. The van der Waals surface area contributed by atoms with E-state index in [1.165, 1.54) is 0 Å². The summed E-state index contributed by atoms with van der Waals surface area (Å²) in [5, 5.41) is 7.33. The van der Waals surface area contributed by atoms with Crippen LogP contribution in [0.2, 0.25) is 0 Å². The molecule has 0 bridgehead atoms. The maximum absolute atomic E-state index is 13.0. The molecule has 1 atom stereocenters. The van der Waals surface area contributed by atoms with Gasteiger partial charge in [0.2, 0.25) is 0 Å². The van der Waals surface area contributed by atoms with Crippen LogP contribution in [-0.2, 0) is 4.79 Å². The monoisotopic (exact) mass is 392 g/mol. The Morgan fingerprint density at radius 1 is 1.24 bits per heavy atom. The number of aryl methyl sites for hydroxylation is 1. The summed E-state index contributed by atoms with van der Waals surface area (Å²) in [6, 6.07) is 9.51. The van der Waals surface area contributed by atoms with Crippen molar-refractivity contribution in [3.63, 3.8) is 0 Å². The van der Waals surface area contributed by atoms with Crippen LogP contribution in [0.15, 0.2) is 48.9 Å². The first-order valence-electron chi connectivity index (χ1n) is 9.68. The number of likely N-dealkylation sites (tertiary alicyclic amines) is 1. The Balaban J connectivity index is 1.50. The minimum atomic E-state index is -0.0505. The molecule has 29 heavy (non-hydrogen) atoms. The van der Waals surface area contributed by atoms with E-state index >= 15 is 0 Å². The first kappa shape index (κ1) is 19.0. The van der Waals surface area contributed by atoms with Crippen LogP contribution in [0, 0.1) is 6.92 Å². The average molecular weight is 392 g/mol. The van der Waals surface area contributed by atoms with Gasteiger partial charge in [0.25, 0.3) is 5.91 Å². The predicted molar refractivity (Wildman–Crippen MR) is 109 cm³/mol. The zero-order chi connectivity index (χ0) is 20.2. The molecule has 150 valence electrons. The second-order valence-corrected chi connectivity index (χ2v) is 7.12. The third-order valence-corrected chi connectivity index (χ3v) is 5.24. The Labute approximate surface area is 169 Å². The van der Waals surface area contributed by atoms with Crippen molar-refractivity contribution in [2.45, 2.75) is 25.8 Å². The van der Waals surface area contributed by atoms with E-state index in [1.807, 2.05) is 42.2 Å². The Morgan fingerprint density at radius 3 is 2.86 bits per heavy atom. The lowest BCUT2D eigenvalue weighted by Crippen LogP contribution is -2.34. The summed E-state index contributed by atoms with van der Waals surface area (Å²) in [4.78, 5) is 18.9. The van der Waals surface area contributed by atoms with E-state index in [0.717, 1.165) is 35.2 Å². The third-order valence-electron chi connectivity index (χ3n) is 5.24. The largest absolute Gasteiger partial charge is 0.493 e. The topological polar surface area (TPSA) is 80.3 Å². The number of nitrogens with one attached hydrogen (secondary N) is 1. The van der Waals surface area contributed by atoms with Gasteiger partial charge in [-0.15, -0.1) is 0 Å². The predicted octanol–water partition coefficient (Wildman–Crippen LogP) is 3.53. The molecule has 0 radical (unpaired) electrons. The summed E-state index contributed by atoms with van der Waals surface area (Å²) in [6.45, 7) is 2.65. The zero-order valence-electron chi connectivity index (χ0n) is 16.6. The van der Waals surface area contributed by atoms with Crippen LogP contribution in [0.1, 0.15) is 30.1 Å². The lowest BCUT2D eigenvalue weighted by atomic mass is 10.0. The van der Waals surface area contributed by atoms with E-state index in [9.17, 15) is 4.79 Å². The number of benzene rings is 1. The summed E-state index contributed by atoms with van der Waals surface area (Å²) in [5.41, 5.74) is 4.06. The van der Waals surface area contributed by atoms with Crippen molar-refractivity contribution < 1.29 is 14.3 Å². The van der Waals surface area contributed by atoms with Crippen molar-refractivity contribution in [2.75, 3.05) is 20.3 Å². The number of pyridine rings is 1. The molecule has 3 aromatic rings. The molecule has 4 rings (SSSR count). The Kier molecular flexibility index (Phi) is 5.46. The smallest absolute Gasteiger partial charge is 0.261 e. The van der Waals surface area contributed by atoms with Gasteiger partial charge in [0, 0.05) is 24.5 Å². The van der Waals surface area contributed by atoms with Crippen LogP contribution < -0.4 is 9.47 Å². The number of ether oxygens (including phenoxy) is 2. The first-order valence-corrected chi connectivity index (χ1v) is 9.68. The van der Waals surface area contributed by atoms with Gasteiger partial charge >= 0.3 is 0 Å². The summed E-state index contributed by atoms with van der Waals surface area (Å²) < 4.78 is 11.1. The van der Waals surface area contributed by atoms with Crippen LogP contribution in [0.4, 0.5) is 0 Å². The van der Waals surface area contributed by atoms with Crippen LogP contribution in [0.3, 0.4) is 0 Å². The second-order valence-electron chi connectivity index (χ2n) is 7.12. The van der Waals surface area contributed by atoms with Crippen molar-refractivity contribution >= 4 is 5.91 Å². The van der Waals surface area contributed by atoms with Gasteiger partial charge in [0.05, 0.1) is 25.0 Å². The minimum absolute atomic E-state index is 0.0331. The van der Waals surface area contributed by atoms with Gasteiger partial charge in [-0.2, -0.15) is 5.10 Å². The summed E-state index contributed by atoms with van der Waals surface area (Å²) in [5.74, 6) is 1.15. The summed E-state index contributed by atoms with van der Waals surface area (Å²) in [7, 11) is 1.60. The second kappa shape index (κ2) is 8.34. The highest BCUT2D eigenvalue weighted by atomic mass is 16.5. The third kappa shape index (κ3) is 3.94. The summed E-state index contributed by atoms with van der Waals surface area (Å²) in [6.07, 6.45) is 7.15. The normalized spacial score (nSPS) is 16.1. The van der Waals surface area contributed by atoms with Gasteiger partial charge in [0.1, 0.15) is 0 Å². The van der Waals surface area contributed by atoms with Gasteiger partial charge in [0.15, 0.2) is 18.1 Å². The Hall–Kier alpha value is -3.35. The number of aromatic nitrogens is 3. The first-order chi connectivity index (χ1) is 14.2. The number of aromatic amines is 1.